The second kappa shape index (κ2) is 11.7. The van der Waals surface area contributed by atoms with Gasteiger partial charge in [0.2, 0.25) is 11.8 Å². The SMILES string of the molecule is CNCCC[C@H]1C(=O)N(C(C)c2ccccc2)CC2N1C(=O)CN(C)N2C(=O)NCc1ccc(F)cc1. The number of rotatable bonds is 8. The first-order valence-electron chi connectivity index (χ1n) is 12.7. The van der Waals surface area contributed by atoms with Crippen LogP contribution in [-0.4, -0.2) is 83.6 Å². The number of hydrogen-bond acceptors (Lipinski definition) is 5. The molecule has 4 amide bonds. The number of nitrogens with one attached hydrogen (secondary N) is 2. The summed E-state index contributed by atoms with van der Waals surface area (Å²) < 4.78 is 13.3. The summed E-state index contributed by atoms with van der Waals surface area (Å²) in [6.45, 7) is 3.08. The maximum atomic E-state index is 13.8. The molecule has 0 spiro atoms. The van der Waals surface area contributed by atoms with Crippen molar-refractivity contribution in [2.75, 3.05) is 33.7 Å². The summed E-state index contributed by atoms with van der Waals surface area (Å²) in [5.41, 5.74) is 1.74. The minimum Gasteiger partial charge on any atom is -0.333 e. The van der Waals surface area contributed by atoms with Crippen molar-refractivity contribution in [3.05, 3.63) is 71.5 Å². The third-order valence-electron chi connectivity index (χ3n) is 7.11. The largest absolute Gasteiger partial charge is 0.334 e. The van der Waals surface area contributed by atoms with Crippen molar-refractivity contribution in [2.45, 2.75) is 44.6 Å². The molecular weight excluding hydrogens is 475 g/mol. The van der Waals surface area contributed by atoms with Crippen molar-refractivity contribution in [2.24, 2.45) is 0 Å². The minimum absolute atomic E-state index is 0.00941. The molecule has 2 heterocycles. The summed E-state index contributed by atoms with van der Waals surface area (Å²) in [5, 5.41) is 9.13. The van der Waals surface area contributed by atoms with Crippen molar-refractivity contribution in [3.8, 4) is 0 Å². The second-order valence-electron chi connectivity index (χ2n) is 9.57. The number of nitrogens with zero attached hydrogens (tertiary/aromatic N) is 4. The Morgan fingerprint density at radius 1 is 1.11 bits per heavy atom. The first-order valence-corrected chi connectivity index (χ1v) is 12.7. The van der Waals surface area contributed by atoms with Gasteiger partial charge in [0.15, 0.2) is 0 Å². The van der Waals surface area contributed by atoms with Gasteiger partial charge in [0.25, 0.3) is 0 Å². The van der Waals surface area contributed by atoms with Crippen molar-refractivity contribution >= 4 is 17.8 Å². The van der Waals surface area contributed by atoms with E-state index in [2.05, 4.69) is 10.6 Å². The van der Waals surface area contributed by atoms with Crippen molar-refractivity contribution < 1.29 is 18.8 Å². The Bertz CT molecular complexity index is 1100. The van der Waals surface area contributed by atoms with E-state index >= 15 is 0 Å². The number of piperazine rings is 1. The van der Waals surface area contributed by atoms with Gasteiger partial charge < -0.3 is 20.4 Å². The first kappa shape index (κ1) is 26.6. The summed E-state index contributed by atoms with van der Waals surface area (Å²) in [5.74, 6) is -0.623. The van der Waals surface area contributed by atoms with Crippen LogP contribution in [0.15, 0.2) is 54.6 Å². The number of halogens is 1. The number of hydrazine groups is 1. The molecule has 37 heavy (non-hydrogen) atoms. The highest BCUT2D eigenvalue weighted by Crippen LogP contribution is 2.32. The van der Waals surface area contributed by atoms with Crippen molar-refractivity contribution in [1.29, 1.82) is 0 Å². The number of carbonyl (C=O) groups excluding carboxylic acids is 3. The number of amides is 4. The Labute approximate surface area is 217 Å². The van der Waals surface area contributed by atoms with Gasteiger partial charge in [0.1, 0.15) is 18.0 Å². The van der Waals surface area contributed by atoms with E-state index in [1.807, 2.05) is 44.3 Å². The molecule has 0 aromatic heterocycles. The zero-order valence-electron chi connectivity index (χ0n) is 21.6. The topological polar surface area (TPSA) is 88.2 Å². The minimum atomic E-state index is -0.660. The quantitative estimate of drug-likeness (QED) is 0.533. The number of hydrogen-bond donors (Lipinski definition) is 2. The van der Waals surface area contributed by atoms with E-state index in [1.165, 1.54) is 17.1 Å². The Balaban J connectivity index is 1.61. The highest BCUT2D eigenvalue weighted by atomic mass is 19.1. The van der Waals surface area contributed by atoms with Crippen LogP contribution in [0.3, 0.4) is 0 Å². The molecule has 2 aromatic carbocycles. The summed E-state index contributed by atoms with van der Waals surface area (Å²) in [6, 6.07) is 14.4. The third-order valence-corrected chi connectivity index (χ3v) is 7.11. The molecule has 2 aliphatic heterocycles. The number of benzene rings is 2. The molecule has 0 aliphatic carbocycles. The van der Waals surface area contributed by atoms with E-state index in [0.717, 1.165) is 11.1 Å². The molecule has 0 saturated carbocycles. The summed E-state index contributed by atoms with van der Waals surface area (Å²) in [4.78, 5) is 43.9. The van der Waals surface area contributed by atoms with E-state index < -0.39 is 12.2 Å². The van der Waals surface area contributed by atoms with Crippen LogP contribution in [0.25, 0.3) is 0 Å². The van der Waals surface area contributed by atoms with Gasteiger partial charge in [-0.1, -0.05) is 42.5 Å². The van der Waals surface area contributed by atoms with Crippen LogP contribution < -0.4 is 10.6 Å². The fourth-order valence-electron chi connectivity index (χ4n) is 5.13. The highest BCUT2D eigenvalue weighted by Gasteiger charge is 2.51. The predicted octanol–water partition coefficient (Wildman–Crippen LogP) is 2.32. The fraction of sp³-hybridized carbons (Fsp3) is 0.444. The van der Waals surface area contributed by atoms with Crippen LogP contribution in [0.1, 0.15) is 36.9 Å². The molecule has 2 unspecified atom stereocenters. The maximum Gasteiger partial charge on any atom is 0.334 e. The van der Waals surface area contributed by atoms with Crippen LogP contribution in [0, 0.1) is 5.82 Å². The lowest BCUT2D eigenvalue weighted by atomic mass is 9.98. The van der Waals surface area contributed by atoms with E-state index in [0.29, 0.717) is 19.4 Å². The molecule has 9 nitrogen and oxygen atoms in total. The molecule has 2 N–H and O–H groups in total. The molecule has 0 bridgehead atoms. The van der Waals surface area contributed by atoms with E-state index in [9.17, 15) is 18.8 Å². The molecule has 0 radical (unpaired) electrons. The molecule has 2 saturated heterocycles. The van der Waals surface area contributed by atoms with Crippen LogP contribution in [-0.2, 0) is 16.1 Å². The van der Waals surface area contributed by atoms with E-state index in [4.69, 9.17) is 0 Å². The zero-order chi connectivity index (χ0) is 26.5. The smallest absolute Gasteiger partial charge is 0.333 e. The molecule has 4 rings (SSSR count). The van der Waals surface area contributed by atoms with E-state index in [1.54, 1.807) is 34.0 Å². The Kier molecular flexibility index (Phi) is 8.40. The van der Waals surface area contributed by atoms with Gasteiger partial charge in [0, 0.05) is 13.6 Å². The third kappa shape index (κ3) is 5.75. The summed E-state index contributed by atoms with van der Waals surface area (Å²) in [7, 11) is 3.55. The standard InChI is InChI=1S/C27H35FN6O3/c1-19(21-8-5-4-6-9-21)32-17-24-33(23(26(32)36)10-7-15-29-2)25(35)18-31(3)34(24)27(37)30-16-20-11-13-22(28)14-12-20/h4-6,8-9,11-14,19,23-24,29H,7,10,15-18H2,1-3H3,(H,30,37)/t19?,23-,24?/m0/s1. The predicted molar refractivity (Wildman–Crippen MR) is 137 cm³/mol. The summed E-state index contributed by atoms with van der Waals surface area (Å²) in [6.07, 6.45) is 0.557. The van der Waals surface area contributed by atoms with E-state index in [-0.39, 0.29) is 49.3 Å². The Morgan fingerprint density at radius 3 is 2.49 bits per heavy atom. The average molecular weight is 511 g/mol. The van der Waals surface area contributed by atoms with Crippen LogP contribution >= 0.6 is 0 Å². The van der Waals surface area contributed by atoms with Gasteiger partial charge in [-0.2, -0.15) is 0 Å². The van der Waals surface area contributed by atoms with Gasteiger partial charge in [-0.05, 0) is 56.6 Å². The molecule has 2 aromatic rings. The zero-order valence-corrected chi connectivity index (χ0v) is 21.6. The number of fused-ring (bicyclic) bond motifs is 1. The lowest BCUT2D eigenvalue weighted by Gasteiger charge is -2.55. The molecular formula is C27H35FN6O3. The molecule has 198 valence electrons. The highest BCUT2D eigenvalue weighted by molar-refractivity contribution is 5.91. The van der Waals surface area contributed by atoms with Gasteiger partial charge in [-0.25, -0.2) is 19.2 Å². The molecule has 3 atom stereocenters. The lowest BCUT2D eigenvalue weighted by Crippen LogP contribution is -2.76. The second-order valence-corrected chi connectivity index (χ2v) is 9.57. The average Bonchev–Trinajstić information content (AvgIpc) is 2.89. The lowest BCUT2D eigenvalue weighted by molar-refractivity contribution is -0.189. The summed E-state index contributed by atoms with van der Waals surface area (Å²) >= 11 is 0. The molecule has 2 aliphatic rings. The van der Waals surface area contributed by atoms with Gasteiger partial charge in [-0.3, -0.25) is 9.59 Å². The Morgan fingerprint density at radius 2 is 1.81 bits per heavy atom. The van der Waals surface area contributed by atoms with Crippen LogP contribution in [0.2, 0.25) is 0 Å². The van der Waals surface area contributed by atoms with Crippen LogP contribution in [0.4, 0.5) is 9.18 Å². The molecule has 10 heteroatoms. The van der Waals surface area contributed by atoms with Gasteiger partial charge in [-0.15, -0.1) is 0 Å². The maximum absolute atomic E-state index is 13.8. The monoisotopic (exact) mass is 510 g/mol. The Hall–Kier alpha value is -3.50. The first-order chi connectivity index (χ1) is 17.8. The van der Waals surface area contributed by atoms with Gasteiger partial charge in [0.05, 0.1) is 19.1 Å². The van der Waals surface area contributed by atoms with Gasteiger partial charge >= 0.3 is 6.03 Å². The van der Waals surface area contributed by atoms with Crippen molar-refractivity contribution in [3.63, 3.8) is 0 Å². The molecule has 2 fully saturated rings. The number of likely N-dealkylation sites (N-methyl/N-ethyl adjacent to an activating group) is 1. The number of carbonyl (C=O) groups is 3. The normalized spacial score (nSPS) is 21.1. The van der Waals surface area contributed by atoms with Crippen LogP contribution in [0.5, 0.6) is 0 Å². The fourth-order valence-corrected chi connectivity index (χ4v) is 5.13. The van der Waals surface area contributed by atoms with Crippen molar-refractivity contribution in [1.82, 2.24) is 30.5 Å². The number of urea groups is 1.